The monoisotopic (exact) mass is 273 g/mol. The largest absolute Gasteiger partial charge is 0.305 e. The van der Waals surface area contributed by atoms with Crippen LogP contribution >= 0.6 is 11.6 Å². The number of hydrogen-bond acceptors (Lipinski definition) is 4. The summed E-state index contributed by atoms with van der Waals surface area (Å²) in [5, 5.41) is 3.19. The minimum atomic E-state index is -0.347. The molecule has 0 atom stereocenters. The molecule has 0 unspecified atom stereocenters. The predicted octanol–water partition coefficient (Wildman–Crippen LogP) is 2.03. The SMILES string of the molecule is O=C(Nc1cnccn1)c1cn2cc(Cl)ccc2n1. The van der Waals surface area contributed by atoms with Gasteiger partial charge in [-0.05, 0) is 12.1 Å². The van der Waals surface area contributed by atoms with E-state index in [9.17, 15) is 4.79 Å². The summed E-state index contributed by atoms with van der Waals surface area (Å²) in [6, 6.07) is 3.45. The smallest absolute Gasteiger partial charge is 0.277 e. The molecule has 0 aliphatic carbocycles. The number of hydrogen-bond donors (Lipinski definition) is 1. The minimum Gasteiger partial charge on any atom is -0.305 e. The van der Waals surface area contributed by atoms with Gasteiger partial charge in [-0.25, -0.2) is 9.97 Å². The van der Waals surface area contributed by atoms with E-state index in [-0.39, 0.29) is 11.6 Å². The van der Waals surface area contributed by atoms with E-state index in [0.29, 0.717) is 16.5 Å². The molecule has 0 aliphatic rings. The molecule has 7 heteroatoms. The molecule has 1 amide bonds. The summed E-state index contributed by atoms with van der Waals surface area (Å²) >= 11 is 5.87. The van der Waals surface area contributed by atoms with E-state index in [0.717, 1.165) is 0 Å². The third-order valence-electron chi connectivity index (χ3n) is 2.45. The van der Waals surface area contributed by atoms with Gasteiger partial charge < -0.3 is 9.72 Å². The zero-order valence-electron chi connectivity index (χ0n) is 9.62. The first kappa shape index (κ1) is 11.6. The zero-order chi connectivity index (χ0) is 13.2. The first-order chi connectivity index (χ1) is 9.22. The topological polar surface area (TPSA) is 72.2 Å². The summed E-state index contributed by atoms with van der Waals surface area (Å²) in [5.41, 5.74) is 0.932. The van der Waals surface area contributed by atoms with Crippen molar-refractivity contribution in [3.63, 3.8) is 0 Å². The van der Waals surface area contributed by atoms with Crippen LogP contribution in [0.25, 0.3) is 5.65 Å². The standard InChI is InChI=1S/C12H8ClN5O/c13-8-1-2-11-16-9(7-18(11)6-8)12(19)17-10-5-14-3-4-15-10/h1-7H,(H,15,17,19). The highest BCUT2D eigenvalue weighted by atomic mass is 35.5. The van der Waals surface area contributed by atoms with Crippen LogP contribution in [0.4, 0.5) is 5.82 Å². The maximum Gasteiger partial charge on any atom is 0.277 e. The van der Waals surface area contributed by atoms with E-state index < -0.39 is 0 Å². The number of rotatable bonds is 2. The number of anilines is 1. The van der Waals surface area contributed by atoms with Crippen LogP contribution in [0.3, 0.4) is 0 Å². The molecule has 0 bridgehead atoms. The van der Waals surface area contributed by atoms with Crippen LogP contribution in [0.5, 0.6) is 0 Å². The molecule has 3 aromatic heterocycles. The van der Waals surface area contributed by atoms with Crippen molar-refractivity contribution in [1.82, 2.24) is 19.4 Å². The van der Waals surface area contributed by atoms with E-state index in [4.69, 9.17) is 11.6 Å². The average Bonchev–Trinajstić information content (AvgIpc) is 2.83. The van der Waals surface area contributed by atoms with Gasteiger partial charge in [0.1, 0.15) is 11.3 Å². The zero-order valence-corrected chi connectivity index (χ0v) is 10.4. The lowest BCUT2D eigenvalue weighted by molar-refractivity contribution is 0.102. The van der Waals surface area contributed by atoms with Crippen molar-refractivity contribution in [2.45, 2.75) is 0 Å². The van der Waals surface area contributed by atoms with Crippen LogP contribution in [0, 0.1) is 0 Å². The van der Waals surface area contributed by atoms with Gasteiger partial charge in [-0.3, -0.25) is 9.78 Å². The number of fused-ring (bicyclic) bond motifs is 1. The van der Waals surface area contributed by atoms with Crippen molar-refractivity contribution in [3.8, 4) is 0 Å². The quantitative estimate of drug-likeness (QED) is 0.775. The van der Waals surface area contributed by atoms with E-state index in [1.54, 1.807) is 28.9 Å². The van der Waals surface area contributed by atoms with Gasteiger partial charge in [0.05, 0.1) is 11.2 Å². The molecule has 1 N–H and O–H groups in total. The highest BCUT2D eigenvalue weighted by Gasteiger charge is 2.11. The van der Waals surface area contributed by atoms with Crippen LogP contribution in [0.2, 0.25) is 5.02 Å². The molecule has 94 valence electrons. The van der Waals surface area contributed by atoms with Crippen LogP contribution in [-0.2, 0) is 0 Å². The molecule has 3 heterocycles. The van der Waals surface area contributed by atoms with Crippen LogP contribution in [-0.4, -0.2) is 25.3 Å². The number of amides is 1. The third kappa shape index (κ3) is 2.38. The second-order valence-electron chi connectivity index (χ2n) is 3.78. The summed E-state index contributed by atoms with van der Waals surface area (Å²) in [4.78, 5) is 24.0. The van der Waals surface area contributed by atoms with Gasteiger partial charge in [0.2, 0.25) is 0 Å². The molecule has 0 aliphatic heterocycles. The van der Waals surface area contributed by atoms with Crippen molar-refractivity contribution in [1.29, 1.82) is 0 Å². The maximum atomic E-state index is 12.0. The Balaban J connectivity index is 1.89. The van der Waals surface area contributed by atoms with Crippen molar-refractivity contribution < 1.29 is 4.79 Å². The lowest BCUT2D eigenvalue weighted by atomic mass is 10.4. The second-order valence-corrected chi connectivity index (χ2v) is 4.22. The highest BCUT2D eigenvalue weighted by molar-refractivity contribution is 6.30. The van der Waals surface area contributed by atoms with Crippen molar-refractivity contribution in [2.24, 2.45) is 0 Å². The third-order valence-corrected chi connectivity index (χ3v) is 2.68. The molecule has 3 aromatic rings. The number of nitrogens with one attached hydrogen (secondary N) is 1. The van der Waals surface area contributed by atoms with Crippen molar-refractivity contribution in [3.05, 3.63) is 53.8 Å². The Morgan fingerprint density at radius 2 is 2.16 bits per heavy atom. The summed E-state index contributed by atoms with van der Waals surface area (Å²) in [5.74, 6) is 0.0305. The fourth-order valence-corrected chi connectivity index (χ4v) is 1.79. The molecule has 0 saturated heterocycles. The Morgan fingerprint density at radius 3 is 2.95 bits per heavy atom. The Kier molecular flexibility index (Phi) is 2.85. The Labute approximate surface area is 113 Å². The van der Waals surface area contributed by atoms with Crippen molar-refractivity contribution in [2.75, 3.05) is 5.32 Å². The molecule has 0 spiro atoms. The number of carbonyl (C=O) groups is 1. The highest BCUT2D eigenvalue weighted by Crippen LogP contribution is 2.12. The summed E-state index contributed by atoms with van der Waals surface area (Å²) in [6.45, 7) is 0. The maximum absolute atomic E-state index is 12.0. The van der Waals surface area contributed by atoms with E-state index in [2.05, 4.69) is 20.3 Å². The van der Waals surface area contributed by atoms with Gasteiger partial charge in [0.15, 0.2) is 5.82 Å². The fraction of sp³-hybridized carbons (Fsp3) is 0. The first-order valence-corrected chi connectivity index (χ1v) is 5.82. The summed E-state index contributed by atoms with van der Waals surface area (Å²) in [7, 11) is 0. The molecule has 0 radical (unpaired) electrons. The van der Waals surface area contributed by atoms with Gasteiger partial charge in [-0.15, -0.1) is 0 Å². The molecule has 0 aromatic carbocycles. The number of nitrogens with zero attached hydrogens (tertiary/aromatic N) is 4. The molecular weight excluding hydrogens is 266 g/mol. The van der Waals surface area contributed by atoms with E-state index >= 15 is 0 Å². The lowest BCUT2D eigenvalue weighted by Gasteiger charge is -1.99. The first-order valence-electron chi connectivity index (χ1n) is 5.44. The predicted molar refractivity (Wildman–Crippen MR) is 70.2 cm³/mol. The van der Waals surface area contributed by atoms with Crippen LogP contribution in [0.1, 0.15) is 10.5 Å². The number of imidazole rings is 1. The Hall–Kier alpha value is -2.47. The summed E-state index contributed by atoms with van der Waals surface area (Å²) in [6.07, 6.45) is 7.78. The van der Waals surface area contributed by atoms with Crippen molar-refractivity contribution >= 4 is 29.0 Å². The average molecular weight is 274 g/mol. The molecule has 6 nitrogen and oxygen atoms in total. The molecule has 0 fully saturated rings. The number of aromatic nitrogens is 4. The molecule has 0 saturated carbocycles. The minimum absolute atomic E-state index is 0.285. The van der Waals surface area contributed by atoms with Crippen LogP contribution < -0.4 is 5.32 Å². The Morgan fingerprint density at radius 1 is 1.26 bits per heavy atom. The van der Waals surface area contributed by atoms with Gasteiger partial charge in [-0.1, -0.05) is 11.6 Å². The fourth-order valence-electron chi connectivity index (χ4n) is 1.62. The molecule has 3 rings (SSSR count). The summed E-state index contributed by atoms with van der Waals surface area (Å²) < 4.78 is 1.69. The number of pyridine rings is 1. The Bertz CT molecular complexity index is 740. The van der Waals surface area contributed by atoms with Gasteiger partial charge in [0, 0.05) is 24.8 Å². The number of halogens is 1. The van der Waals surface area contributed by atoms with Gasteiger partial charge in [0.25, 0.3) is 5.91 Å². The van der Waals surface area contributed by atoms with E-state index in [1.807, 2.05) is 0 Å². The van der Waals surface area contributed by atoms with Gasteiger partial charge in [-0.2, -0.15) is 0 Å². The molecule has 19 heavy (non-hydrogen) atoms. The normalized spacial score (nSPS) is 10.6. The van der Waals surface area contributed by atoms with E-state index in [1.165, 1.54) is 18.6 Å². The second kappa shape index (κ2) is 4.66. The number of carbonyl (C=O) groups excluding carboxylic acids is 1. The molecular formula is C12H8ClN5O. The van der Waals surface area contributed by atoms with Crippen LogP contribution in [0.15, 0.2) is 43.1 Å². The van der Waals surface area contributed by atoms with Gasteiger partial charge >= 0.3 is 0 Å². The lowest BCUT2D eigenvalue weighted by Crippen LogP contribution is -2.13.